The van der Waals surface area contributed by atoms with E-state index in [0.717, 1.165) is 12.8 Å². The summed E-state index contributed by atoms with van der Waals surface area (Å²) in [5.41, 5.74) is 0.467. The van der Waals surface area contributed by atoms with Gasteiger partial charge in [-0.05, 0) is 18.3 Å². The second-order valence-electron chi connectivity index (χ2n) is 5.48. The molecular weight excluding hydrogens is 250 g/mol. The Morgan fingerprint density at radius 2 is 2.17 bits per heavy atom. The number of aromatic nitrogens is 2. The lowest BCUT2D eigenvalue weighted by molar-refractivity contribution is 0.0848. The van der Waals surface area contributed by atoms with E-state index in [0.29, 0.717) is 10.8 Å². The third-order valence-electron chi connectivity index (χ3n) is 3.67. The Kier molecular flexibility index (Phi) is 3.85. The number of nitrogens with one attached hydrogen (secondary N) is 1. The average molecular weight is 268 g/mol. The minimum atomic E-state index is -0.167. The summed E-state index contributed by atoms with van der Waals surface area (Å²) in [6.07, 6.45) is 7.38. The summed E-state index contributed by atoms with van der Waals surface area (Å²) < 4.78 is 0. The molecule has 1 heterocycles. The van der Waals surface area contributed by atoms with Gasteiger partial charge < -0.3 is 5.32 Å². The smallest absolute Gasteiger partial charge is 0.271 e. The number of hydrogen-bond acceptors (Lipinski definition) is 3. The summed E-state index contributed by atoms with van der Waals surface area (Å²) in [7, 11) is 0. The van der Waals surface area contributed by atoms with Gasteiger partial charge >= 0.3 is 0 Å². The van der Waals surface area contributed by atoms with Crippen LogP contribution in [0.15, 0.2) is 12.4 Å². The molecule has 0 aromatic carbocycles. The van der Waals surface area contributed by atoms with Crippen molar-refractivity contribution in [3.05, 3.63) is 23.2 Å². The number of carbonyl (C=O) groups excluding carboxylic acids is 1. The molecule has 1 saturated carbocycles. The zero-order chi connectivity index (χ0) is 13.2. The average Bonchev–Trinajstić information content (AvgIpc) is 2.32. The van der Waals surface area contributed by atoms with Crippen LogP contribution in [0.2, 0.25) is 5.15 Å². The Hall–Kier alpha value is -1.16. The summed E-state index contributed by atoms with van der Waals surface area (Å²) >= 11 is 5.65. The quantitative estimate of drug-likeness (QED) is 0.896. The molecule has 4 nitrogen and oxygen atoms in total. The number of hydrogen-bond donors (Lipinski definition) is 1. The fraction of sp³-hybridized carbons (Fsp3) is 0.615. The lowest BCUT2D eigenvalue weighted by Crippen LogP contribution is -2.47. The monoisotopic (exact) mass is 267 g/mol. The molecule has 1 aliphatic carbocycles. The number of nitrogens with zero attached hydrogens (tertiary/aromatic N) is 2. The van der Waals surface area contributed by atoms with Crippen molar-refractivity contribution in [2.75, 3.05) is 0 Å². The zero-order valence-electron chi connectivity index (χ0n) is 10.7. The number of halogens is 1. The molecular formula is C13H18ClN3O. The predicted molar refractivity (Wildman–Crippen MR) is 70.5 cm³/mol. The largest absolute Gasteiger partial charge is 0.347 e. The lowest BCUT2D eigenvalue weighted by atomic mass is 9.73. The summed E-state index contributed by atoms with van der Waals surface area (Å²) in [5.74, 6) is -0.167. The standard InChI is InChI=1S/C13H18ClN3O/c1-13(2)6-4-3-5-10(13)17-12(18)9-7-16-11(14)8-15-9/h7-8,10H,3-6H2,1-2H3,(H,17,18). The first-order valence-corrected chi connectivity index (χ1v) is 6.65. The van der Waals surface area contributed by atoms with Gasteiger partial charge in [0.1, 0.15) is 10.8 Å². The van der Waals surface area contributed by atoms with Gasteiger partial charge in [0.2, 0.25) is 0 Å². The second kappa shape index (κ2) is 5.22. The Balaban J connectivity index is 2.04. The van der Waals surface area contributed by atoms with Gasteiger partial charge in [-0.2, -0.15) is 0 Å². The van der Waals surface area contributed by atoms with Crippen molar-refractivity contribution in [3.8, 4) is 0 Å². The fourth-order valence-electron chi connectivity index (χ4n) is 2.42. The van der Waals surface area contributed by atoms with Crippen LogP contribution in [0.5, 0.6) is 0 Å². The van der Waals surface area contributed by atoms with Gasteiger partial charge in [-0.1, -0.05) is 38.3 Å². The Morgan fingerprint density at radius 3 is 2.78 bits per heavy atom. The summed E-state index contributed by atoms with van der Waals surface area (Å²) in [6.45, 7) is 4.40. The third-order valence-corrected chi connectivity index (χ3v) is 3.86. The molecule has 1 aliphatic rings. The number of rotatable bonds is 2. The van der Waals surface area contributed by atoms with Crippen LogP contribution in [0.1, 0.15) is 50.0 Å². The summed E-state index contributed by atoms with van der Waals surface area (Å²) in [5, 5.41) is 3.36. The molecule has 1 atom stereocenters. The van der Waals surface area contributed by atoms with Crippen LogP contribution in [0.3, 0.4) is 0 Å². The van der Waals surface area contributed by atoms with Crippen molar-refractivity contribution < 1.29 is 4.79 Å². The maximum atomic E-state index is 12.1. The minimum absolute atomic E-state index is 0.147. The second-order valence-corrected chi connectivity index (χ2v) is 5.87. The number of amides is 1. The molecule has 18 heavy (non-hydrogen) atoms. The molecule has 0 bridgehead atoms. The molecule has 0 radical (unpaired) electrons. The molecule has 0 saturated heterocycles. The molecule has 1 aromatic rings. The van der Waals surface area contributed by atoms with E-state index in [1.165, 1.54) is 25.2 Å². The van der Waals surface area contributed by atoms with Crippen molar-refractivity contribution >= 4 is 17.5 Å². The highest BCUT2D eigenvalue weighted by Crippen LogP contribution is 2.35. The third kappa shape index (κ3) is 2.99. The first kappa shape index (κ1) is 13.3. The van der Waals surface area contributed by atoms with Gasteiger partial charge in [0.15, 0.2) is 0 Å². The highest BCUT2D eigenvalue weighted by atomic mass is 35.5. The van der Waals surface area contributed by atoms with Crippen molar-refractivity contribution in [1.82, 2.24) is 15.3 Å². The van der Waals surface area contributed by atoms with E-state index in [1.54, 1.807) is 0 Å². The van der Waals surface area contributed by atoms with Gasteiger partial charge in [-0.25, -0.2) is 9.97 Å². The van der Waals surface area contributed by atoms with Gasteiger partial charge in [0, 0.05) is 6.04 Å². The fourth-order valence-corrected chi connectivity index (χ4v) is 2.52. The molecule has 1 amide bonds. The van der Waals surface area contributed by atoms with Crippen LogP contribution in [0.4, 0.5) is 0 Å². The SMILES string of the molecule is CC1(C)CCCCC1NC(=O)c1cnc(Cl)cn1. The van der Waals surface area contributed by atoms with Gasteiger partial charge in [-0.3, -0.25) is 4.79 Å². The first-order chi connectivity index (χ1) is 8.49. The van der Waals surface area contributed by atoms with Crippen LogP contribution >= 0.6 is 11.6 Å². The highest BCUT2D eigenvalue weighted by molar-refractivity contribution is 6.29. The Morgan fingerprint density at radius 1 is 1.39 bits per heavy atom. The molecule has 1 N–H and O–H groups in total. The molecule has 5 heteroatoms. The van der Waals surface area contributed by atoms with Crippen molar-refractivity contribution in [2.45, 2.75) is 45.6 Å². The van der Waals surface area contributed by atoms with Crippen LogP contribution in [0.25, 0.3) is 0 Å². The molecule has 2 rings (SSSR count). The van der Waals surface area contributed by atoms with E-state index in [4.69, 9.17) is 11.6 Å². The van der Waals surface area contributed by atoms with Crippen LogP contribution in [-0.2, 0) is 0 Å². The summed E-state index contributed by atoms with van der Waals surface area (Å²) in [4.78, 5) is 19.9. The zero-order valence-corrected chi connectivity index (χ0v) is 11.5. The van der Waals surface area contributed by atoms with E-state index in [-0.39, 0.29) is 17.4 Å². The topological polar surface area (TPSA) is 54.9 Å². The van der Waals surface area contributed by atoms with E-state index < -0.39 is 0 Å². The van der Waals surface area contributed by atoms with E-state index >= 15 is 0 Å². The first-order valence-electron chi connectivity index (χ1n) is 6.27. The Labute approximate surface area is 112 Å². The van der Waals surface area contributed by atoms with Crippen molar-refractivity contribution in [3.63, 3.8) is 0 Å². The molecule has 0 aliphatic heterocycles. The maximum absolute atomic E-state index is 12.1. The van der Waals surface area contributed by atoms with E-state index in [1.807, 2.05) is 0 Å². The molecule has 0 spiro atoms. The highest BCUT2D eigenvalue weighted by Gasteiger charge is 2.33. The molecule has 1 fully saturated rings. The van der Waals surface area contributed by atoms with Gasteiger partial charge in [0.05, 0.1) is 12.4 Å². The van der Waals surface area contributed by atoms with E-state index in [2.05, 4.69) is 29.1 Å². The minimum Gasteiger partial charge on any atom is -0.347 e. The molecule has 1 unspecified atom stereocenters. The van der Waals surface area contributed by atoms with Crippen LogP contribution in [0, 0.1) is 5.41 Å². The Bertz CT molecular complexity index is 430. The van der Waals surface area contributed by atoms with Crippen molar-refractivity contribution in [2.24, 2.45) is 5.41 Å². The molecule has 98 valence electrons. The van der Waals surface area contributed by atoms with Crippen molar-refractivity contribution in [1.29, 1.82) is 0 Å². The normalized spacial score (nSPS) is 22.5. The molecule has 1 aromatic heterocycles. The maximum Gasteiger partial charge on any atom is 0.271 e. The summed E-state index contributed by atoms with van der Waals surface area (Å²) in [6, 6.07) is 0.205. The lowest BCUT2D eigenvalue weighted by Gasteiger charge is -2.38. The van der Waals surface area contributed by atoms with E-state index in [9.17, 15) is 4.79 Å². The van der Waals surface area contributed by atoms with Crippen LogP contribution < -0.4 is 5.32 Å². The van der Waals surface area contributed by atoms with Crippen LogP contribution in [-0.4, -0.2) is 21.9 Å². The predicted octanol–water partition coefficient (Wildman–Crippen LogP) is 2.83. The van der Waals surface area contributed by atoms with Gasteiger partial charge in [0.25, 0.3) is 5.91 Å². The van der Waals surface area contributed by atoms with Gasteiger partial charge in [-0.15, -0.1) is 0 Å². The number of carbonyl (C=O) groups is 1.